The van der Waals surface area contributed by atoms with Crippen LogP contribution in [0.4, 0.5) is 0 Å². The quantitative estimate of drug-likeness (QED) is 0.658. The largest absolute Gasteiger partial charge is 0.491 e. The van der Waals surface area contributed by atoms with E-state index >= 15 is 0 Å². The second-order valence-electron chi connectivity index (χ2n) is 6.06. The first kappa shape index (κ1) is 17.0. The molecule has 0 heterocycles. The summed E-state index contributed by atoms with van der Waals surface area (Å²) in [7, 11) is 0. The van der Waals surface area contributed by atoms with Crippen molar-refractivity contribution in [2.24, 2.45) is 0 Å². The maximum absolute atomic E-state index is 5.96. The van der Waals surface area contributed by atoms with Crippen molar-refractivity contribution < 1.29 is 4.74 Å². The highest BCUT2D eigenvalue weighted by atomic mass is 16.5. The molecule has 0 spiro atoms. The normalized spacial score (nSPS) is 14.3. The molecule has 2 nitrogen and oxygen atoms in total. The van der Waals surface area contributed by atoms with Crippen LogP contribution in [0.5, 0.6) is 5.75 Å². The van der Waals surface area contributed by atoms with E-state index in [-0.39, 0.29) is 6.10 Å². The van der Waals surface area contributed by atoms with Crippen LogP contribution in [0.2, 0.25) is 0 Å². The number of ether oxygens (including phenoxy) is 1. The van der Waals surface area contributed by atoms with Gasteiger partial charge in [-0.25, -0.2) is 0 Å². The summed E-state index contributed by atoms with van der Waals surface area (Å²) < 4.78 is 5.96. The molecule has 0 saturated heterocycles. The Kier molecular flexibility index (Phi) is 7.68. The van der Waals surface area contributed by atoms with Gasteiger partial charge in [-0.2, -0.15) is 0 Å². The summed E-state index contributed by atoms with van der Waals surface area (Å²) in [6, 6.07) is 9.15. The topological polar surface area (TPSA) is 21.3 Å². The predicted molar refractivity (Wildman–Crippen MR) is 87.6 cm³/mol. The summed E-state index contributed by atoms with van der Waals surface area (Å²) in [6.45, 7) is 12.1. The molecule has 0 aliphatic carbocycles. The van der Waals surface area contributed by atoms with E-state index < -0.39 is 0 Å². The first-order chi connectivity index (χ1) is 9.52. The Morgan fingerprint density at radius 2 is 1.70 bits per heavy atom. The Morgan fingerprint density at radius 1 is 1.05 bits per heavy atom. The van der Waals surface area contributed by atoms with E-state index in [1.807, 2.05) is 0 Å². The zero-order valence-electron chi connectivity index (χ0n) is 13.8. The minimum absolute atomic E-state index is 0.276. The lowest BCUT2D eigenvalue weighted by molar-refractivity contribution is 0.207. The van der Waals surface area contributed by atoms with Gasteiger partial charge in [0.2, 0.25) is 0 Å². The predicted octanol–water partition coefficient (Wildman–Crippen LogP) is 4.75. The van der Waals surface area contributed by atoms with Crippen molar-refractivity contribution in [1.29, 1.82) is 0 Å². The molecule has 0 saturated carbocycles. The van der Waals surface area contributed by atoms with Crippen LogP contribution in [0.3, 0.4) is 0 Å². The van der Waals surface area contributed by atoms with E-state index in [1.54, 1.807) is 0 Å². The minimum Gasteiger partial charge on any atom is -0.491 e. The summed E-state index contributed by atoms with van der Waals surface area (Å²) in [5.41, 5.74) is 1.40. The highest BCUT2D eigenvalue weighted by Gasteiger charge is 2.06. The van der Waals surface area contributed by atoms with Crippen LogP contribution in [-0.4, -0.2) is 18.7 Å². The second-order valence-corrected chi connectivity index (χ2v) is 6.06. The smallest absolute Gasteiger partial charge is 0.119 e. The summed E-state index contributed by atoms with van der Waals surface area (Å²) in [4.78, 5) is 0. The van der Waals surface area contributed by atoms with Gasteiger partial charge in [0.15, 0.2) is 0 Å². The van der Waals surface area contributed by atoms with E-state index in [2.05, 4.69) is 64.2 Å². The van der Waals surface area contributed by atoms with Crippen LogP contribution in [0.1, 0.15) is 65.4 Å². The van der Waals surface area contributed by atoms with E-state index in [1.165, 1.54) is 12.0 Å². The molecule has 0 aromatic heterocycles. The average molecular weight is 277 g/mol. The molecule has 0 amide bonds. The third kappa shape index (κ3) is 6.42. The molecule has 0 aliphatic heterocycles. The van der Waals surface area contributed by atoms with Crippen molar-refractivity contribution in [2.75, 3.05) is 6.54 Å². The van der Waals surface area contributed by atoms with Crippen molar-refractivity contribution in [1.82, 2.24) is 5.32 Å². The molecule has 2 heteroatoms. The molecular weight excluding hydrogens is 246 g/mol. The Balaban J connectivity index is 2.32. The minimum atomic E-state index is 0.276. The lowest BCUT2D eigenvalue weighted by atomic mass is 9.99. The van der Waals surface area contributed by atoms with E-state index in [4.69, 9.17) is 4.74 Å². The molecule has 0 bridgehead atoms. The van der Waals surface area contributed by atoms with Gasteiger partial charge in [-0.15, -0.1) is 0 Å². The Labute approximate surface area is 124 Å². The molecule has 20 heavy (non-hydrogen) atoms. The summed E-state index contributed by atoms with van der Waals surface area (Å²) >= 11 is 0. The molecule has 2 unspecified atom stereocenters. The Hall–Kier alpha value is -1.02. The maximum Gasteiger partial charge on any atom is 0.119 e. The zero-order chi connectivity index (χ0) is 15.0. The zero-order valence-corrected chi connectivity index (χ0v) is 13.8. The van der Waals surface area contributed by atoms with Crippen molar-refractivity contribution in [2.45, 2.75) is 71.9 Å². The van der Waals surface area contributed by atoms with Crippen LogP contribution in [0.15, 0.2) is 24.3 Å². The van der Waals surface area contributed by atoms with Crippen LogP contribution in [0.25, 0.3) is 0 Å². The van der Waals surface area contributed by atoms with E-state index in [0.717, 1.165) is 25.1 Å². The van der Waals surface area contributed by atoms with Gasteiger partial charge in [-0.1, -0.05) is 39.8 Å². The third-order valence-corrected chi connectivity index (χ3v) is 3.74. The molecular formula is C18H31NO. The number of nitrogens with one attached hydrogen (secondary N) is 1. The molecule has 1 aromatic carbocycles. The van der Waals surface area contributed by atoms with Crippen LogP contribution < -0.4 is 10.1 Å². The lowest BCUT2D eigenvalue weighted by Gasteiger charge is -2.16. The monoisotopic (exact) mass is 277 g/mol. The van der Waals surface area contributed by atoms with Gasteiger partial charge in [0.05, 0.1) is 6.10 Å². The van der Waals surface area contributed by atoms with Gasteiger partial charge in [0.1, 0.15) is 5.75 Å². The van der Waals surface area contributed by atoms with Crippen LogP contribution >= 0.6 is 0 Å². The van der Waals surface area contributed by atoms with E-state index in [0.29, 0.717) is 12.0 Å². The molecule has 1 aromatic rings. The molecule has 0 fully saturated rings. The molecule has 1 N–H and O–H groups in total. The van der Waals surface area contributed by atoms with Crippen molar-refractivity contribution in [3.63, 3.8) is 0 Å². The fraction of sp³-hybridized carbons (Fsp3) is 0.667. The highest BCUT2D eigenvalue weighted by Crippen LogP contribution is 2.22. The van der Waals surface area contributed by atoms with Crippen molar-refractivity contribution >= 4 is 0 Å². The first-order valence-electron chi connectivity index (χ1n) is 8.03. The number of rotatable bonds is 9. The standard InChI is InChI=1S/C18H31NO/c1-6-15(4)17-9-11-18(12-10-17)20-16(5)8-7-13-19-14(2)3/h9-12,14-16,19H,6-8,13H2,1-5H3. The molecule has 0 radical (unpaired) electrons. The molecule has 0 aliphatic rings. The van der Waals surface area contributed by atoms with Gasteiger partial charge >= 0.3 is 0 Å². The fourth-order valence-corrected chi connectivity index (χ4v) is 2.18. The molecule has 2 atom stereocenters. The number of hydrogen-bond acceptors (Lipinski definition) is 2. The number of hydrogen-bond donors (Lipinski definition) is 1. The van der Waals surface area contributed by atoms with Gasteiger partial charge in [-0.05, 0) is 56.3 Å². The molecule has 1 rings (SSSR count). The Morgan fingerprint density at radius 3 is 2.25 bits per heavy atom. The summed E-state index contributed by atoms with van der Waals surface area (Å²) in [6.07, 6.45) is 3.70. The highest BCUT2D eigenvalue weighted by molar-refractivity contribution is 5.29. The maximum atomic E-state index is 5.96. The average Bonchev–Trinajstić information content (AvgIpc) is 2.43. The third-order valence-electron chi connectivity index (χ3n) is 3.74. The lowest BCUT2D eigenvalue weighted by Crippen LogP contribution is -2.25. The molecule has 114 valence electrons. The second kappa shape index (κ2) is 9.02. The summed E-state index contributed by atoms with van der Waals surface area (Å²) in [5, 5.41) is 3.44. The SMILES string of the molecule is CCC(C)c1ccc(OC(C)CCCNC(C)C)cc1. The number of benzene rings is 1. The van der Waals surface area contributed by atoms with Crippen LogP contribution in [0, 0.1) is 0 Å². The van der Waals surface area contributed by atoms with Crippen molar-refractivity contribution in [3.05, 3.63) is 29.8 Å². The van der Waals surface area contributed by atoms with Gasteiger partial charge < -0.3 is 10.1 Å². The first-order valence-corrected chi connectivity index (χ1v) is 8.03. The van der Waals surface area contributed by atoms with Gasteiger partial charge in [0, 0.05) is 6.04 Å². The Bertz CT molecular complexity index is 358. The van der Waals surface area contributed by atoms with Crippen LogP contribution in [-0.2, 0) is 0 Å². The fourth-order valence-electron chi connectivity index (χ4n) is 2.18. The van der Waals surface area contributed by atoms with E-state index in [9.17, 15) is 0 Å². The van der Waals surface area contributed by atoms with Crippen molar-refractivity contribution in [3.8, 4) is 5.75 Å². The van der Waals surface area contributed by atoms with Gasteiger partial charge in [-0.3, -0.25) is 0 Å². The van der Waals surface area contributed by atoms with Gasteiger partial charge in [0.25, 0.3) is 0 Å². The summed E-state index contributed by atoms with van der Waals surface area (Å²) in [5.74, 6) is 1.62.